The van der Waals surface area contributed by atoms with E-state index in [-0.39, 0.29) is 11.8 Å². The number of carbonyl (C=O) groups is 2. The number of para-hydroxylation sites is 1. The first-order valence-electron chi connectivity index (χ1n) is 13.0. The topological polar surface area (TPSA) is 111 Å². The average molecular weight is 562 g/mol. The van der Waals surface area contributed by atoms with Crippen LogP contribution in [0.25, 0.3) is 11.3 Å². The van der Waals surface area contributed by atoms with Gasteiger partial charge in [0, 0.05) is 37.0 Å². The summed E-state index contributed by atoms with van der Waals surface area (Å²) in [5, 5.41) is 9.14. The smallest absolute Gasteiger partial charge is 0.258 e. The van der Waals surface area contributed by atoms with Gasteiger partial charge >= 0.3 is 0 Å². The quantitative estimate of drug-likeness (QED) is 0.306. The second-order valence-electron chi connectivity index (χ2n) is 10.0. The molecule has 3 aromatic carbocycles. The van der Waals surface area contributed by atoms with Crippen LogP contribution >= 0.6 is 0 Å². The Morgan fingerprint density at radius 1 is 0.950 bits per heavy atom. The number of sulfonamides is 1. The Morgan fingerprint density at radius 3 is 2.35 bits per heavy atom. The first-order valence-corrected chi connectivity index (χ1v) is 14.9. The van der Waals surface area contributed by atoms with E-state index in [1.165, 1.54) is 17.5 Å². The van der Waals surface area contributed by atoms with Crippen molar-refractivity contribution in [2.24, 2.45) is 0 Å². The van der Waals surface area contributed by atoms with Gasteiger partial charge in [0.2, 0.25) is 15.9 Å². The van der Waals surface area contributed by atoms with Gasteiger partial charge in [-0.25, -0.2) is 8.42 Å². The lowest BCUT2D eigenvalue weighted by Gasteiger charge is -2.24. The van der Waals surface area contributed by atoms with Gasteiger partial charge in [0.15, 0.2) is 0 Å². The summed E-state index contributed by atoms with van der Waals surface area (Å²) in [4.78, 5) is 26.6. The van der Waals surface area contributed by atoms with Gasteiger partial charge < -0.3 is 20.9 Å². The summed E-state index contributed by atoms with van der Waals surface area (Å²) in [7, 11) is 0.392. The molecule has 1 aliphatic heterocycles. The van der Waals surface area contributed by atoms with Gasteiger partial charge in [-0.05, 0) is 62.5 Å². The molecule has 40 heavy (non-hydrogen) atoms. The number of fused-ring (bicyclic) bond motifs is 1. The van der Waals surface area contributed by atoms with E-state index in [2.05, 4.69) is 16.0 Å². The molecular formula is C30H35N5O4S. The van der Waals surface area contributed by atoms with Crippen LogP contribution in [-0.2, 0) is 26.2 Å². The number of benzene rings is 3. The first-order chi connectivity index (χ1) is 19.0. The third-order valence-corrected chi connectivity index (χ3v) is 7.67. The maximum atomic E-state index is 13.2. The second-order valence-corrected chi connectivity index (χ2v) is 11.9. The fraction of sp³-hybridized carbons (Fsp3) is 0.267. The van der Waals surface area contributed by atoms with Gasteiger partial charge in [-0.3, -0.25) is 13.9 Å². The molecule has 0 saturated carbocycles. The minimum absolute atomic E-state index is 0.113. The molecule has 1 aliphatic rings. The Bertz CT molecular complexity index is 1530. The number of nitrogens with zero attached hydrogens (tertiary/aromatic N) is 2. The maximum absolute atomic E-state index is 13.2. The summed E-state index contributed by atoms with van der Waals surface area (Å²) >= 11 is 0. The summed E-state index contributed by atoms with van der Waals surface area (Å²) in [5.41, 5.74) is 5.44. The number of carbonyl (C=O) groups excluding carboxylic acids is 2. The number of nitrogens with one attached hydrogen (secondary N) is 3. The van der Waals surface area contributed by atoms with Crippen LogP contribution in [0.4, 0.5) is 17.1 Å². The Morgan fingerprint density at radius 2 is 1.68 bits per heavy atom. The van der Waals surface area contributed by atoms with Gasteiger partial charge in [0.25, 0.3) is 5.91 Å². The van der Waals surface area contributed by atoms with Crippen LogP contribution in [0.3, 0.4) is 0 Å². The molecule has 9 nitrogen and oxygen atoms in total. The summed E-state index contributed by atoms with van der Waals surface area (Å²) < 4.78 is 26.8. The molecule has 0 bridgehead atoms. The number of hydrogen-bond acceptors (Lipinski definition) is 6. The molecule has 0 aliphatic carbocycles. The third kappa shape index (κ3) is 7.08. The van der Waals surface area contributed by atoms with E-state index in [9.17, 15) is 18.0 Å². The molecule has 2 amide bonds. The van der Waals surface area contributed by atoms with E-state index in [0.29, 0.717) is 42.2 Å². The molecule has 0 spiro atoms. The molecule has 0 radical (unpaired) electrons. The molecule has 10 heteroatoms. The van der Waals surface area contributed by atoms with Crippen molar-refractivity contribution in [2.75, 3.05) is 48.4 Å². The van der Waals surface area contributed by atoms with E-state index in [1.807, 2.05) is 73.6 Å². The fourth-order valence-corrected chi connectivity index (χ4v) is 5.52. The van der Waals surface area contributed by atoms with Gasteiger partial charge in [-0.15, -0.1) is 0 Å². The molecule has 210 valence electrons. The molecule has 0 atom stereocenters. The summed E-state index contributed by atoms with van der Waals surface area (Å²) in [6.07, 6.45) is 1.88. The standard InChI is InChI=1S/C30H35N5O4S/c1-21(36)31-20-22-13-15-23(16-14-22)29(28-26-11-5-6-12-27(26)33-30(28)37)32-24-9-7-10-25(19-24)35(40(4,38)39)18-8-17-34(2)3/h5-7,9-16,19,32H,8,17-18,20H2,1-4H3,(H,31,36)(H,33,37). The molecular weight excluding hydrogens is 526 g/mol. The maximum Gasteiger partial charge on any atom is 0.258 e. The van der Waals surface area contributed by atoms with Gasteiger partial charge in [-0.1, -0.05) is 48.5 Å². The van der Waals surface area contributed by atoms with Gasteiger partial charge in [-0.2, -0.15) is 0 Å². The predicted molar refractivity (Wildman–Crippen MR) is 161 cm³/mol. The van der Waals surface area contributed by atoms with Crippen LogP contribution in [0.15, 0.2) is 72.8 Å². The normalized spacial score (nSPS) is 14.0. The average Bonchev–Trinajstić information content (AvgIpc) is 3.23. The van der Waals surface area contributed by atoms with E-state index >= 15 is 0 Å². The van der Waals surface area contributed by atoms with Crippen LogP contribution in [-0.4, -0.2) is 58.6 Å². The zero-order valence-corrected chi connectivity index (χ0v) is 24.0. The number of anilines is 3. The summed E-state index contributed by atoms with van der Waals surface area (Å²) in [5.74, 6) is -0.346. The highest BCUT2D eigenvalue weighted by molar-refractivity contribution is 7.92. The highest BCUT2D eigenvalue weighted by Gasteiger charge is 2.28. The van der Waals surface area contributed by atoms with Crippen LogP contribution in [0.1, 0.15) is 30.0 Å². The van der Waals surface area contributed by atoms with Crippen molar-refractivity contribution in [3.8, 4) is 0 Å². The first kappa shape index (κ1) is 28.8. The Balaban J connectivity index is 1.74. The van der Waals surface area contributed by atoms with Crippen LogP contribution in [0.2, 0.25) is 0 Å². The lowest BCUT2D eigenvalue weighted by Crippen LogP contribution is -2.32. The SMILES string of the molecule is CC(=O)NCc1ccc(C(Nc2cccc(N(CCCN(C)C)S(C)(=O)=O)c2)=C2C(=O)Nc3ccccc32)cc1. The molecule has 4 rings (SSSR count). The van der Waals surface area contributed by atoms with E-state index in [0.717, 1.165) is 28.9 Å². The molecule has 3 aromatic rings. The minimum atomic E-state index is -3.51. The van der Waals surface area contributed by atoms with E-state index in [1.54, 1.807) is 18.2 Å². The van der Waals surface area contributed by atoms with Gasteiger partial charge in [0.1, 0.15) is 0 Å². The van der Waals surface area contributed by atoms with Crippen molar-refractivity contribution in [2.45, 2.75) is 19.9 Å². The third-order valence-electron chi connectivity index (χ3n) is 6.48. The molecule has 0 fully saturated rings. The van der Waals surface area contributed by atoms with Crippen molar-refractivity contribution in [1.29, 1.82) is 0 Å². The van der Waals surface area contributed by atoms with E-state index in [4.69, 9.17) is 0 Å². The van der Waals surface area contributed by atoms with E-state index < -0.39 is 10.0 Å². The molecule has 0 saturated heterocycles. The van der Waals surface area contributed by atoms with Crippen LogP contribution in [0, 0.1) is 0 Å². The zero-order valence-electron chi connectivity index (χ0n) is 23.2. The zero-order chi connectivity index (χ0) is 28.9. The Kier molecular flexibility index (Phi) is 8.91. The van der Waals surface area contributed by atoms with Crippen molar-refractivity contribution in [1.82, 2.24) is 10.2 Å². The van der Waals surface area contributed by atoms with Crippen molar-refractivity contribution < 1.29 is 18.0 Å². The predicted octanol–water partition coefficient (Wildman–Crippen LogP) is 3.97. The van der Waals surface area contributed by atoms with Crippen molar-refractivity contribution in [3.05, 3.63) is 89.5 Å². The monoisotopic (exact) mass is 561 g/mol. The Labute approximate surface area is 235 Å². The molecule has 0 aromatic heterocycles. The van der Waals surface area contributed by atoms with Crippen LogP contribution in [0.5, 0.6) is 0 Å². The van der Waals surface area contributed by atoms with Crippen molar-refractivity contribution >= 4 is 50.2 Å². The van der Waals surface area contributed by atoms with Gasteiger partial charge in [0.05, 0.1) is 23.2 Å². The van der Waals surface area contributed by atoms with Crippen molar-refractivity contribution in [3.63, 3.8) is 0 Å². The largest absolute Gasteiger partial charge is 0.354 e. The second kappa shape index (κ2) is 12.4. The number of amides is 2. The minimum Gasteiger partial charge on any atom is -0.354 e. The molecule has 0 unspecified atom stereocenters. The number of rotatable bonds is 11. The fourth-order valence-electron chi connectivity index (χ4n) is 4.56. The van der Waals surface area contributed by atoms with Crippen LogP contribution < -0.4 is 20.3 Å². The summed E-state index contributed by atoms with van der Waals surface area (Å²) in [6.45, 7) is 2.97. The number of hydrogen-bond donors (Lipinski definition) is 3. The Hall–Kier alpha value is -4.15. The lowest BCUT2D eigenvalue weighted by molar-refractivity contribution is -0.119. The highest BCUT2D eigenvalue weighted by atomic mass is 32.2. The molecule has 1 heterocycles. The highest BCUT2D eigenvalue weighted by Crippen LogP contribution is 2.37. The molecule has 3 N–H and O–H groups in total. The summed E-state index contributed by atoms with van der Waals surface area (Å²) in [6, 6.07) is 22.3. The lowest BCUT2D eigenvalue weighted by atomic mass is 9.99.